The number of amides is 2. The molecule has 0 aromatic heterocycles. The predicted octanol–water partition coefficient (Wildman–Crippen LogP) is 3.57. The Labute approximate surface area is 139 Å². The minimum atomic E-state index is -0.299. The lowest BCUT2D eigenvalue weighted by Gasteiger charge is -2.16. The first kappa shape index (κ1) is 17.1. The monoisotopic (exact) mass is 333 g/mol. The van der Waals surface area contributed by atoms with Crippen LogP contribution in [-0.2, 0) is 11.2 Å². The van der Waals surface area contributed by atoms with Gasteiger partial charge in [0.05, 0.1) is 12.0 Å². The average Bonchev–Trinajstić information content (AvgIpc) is 2.76. The molecule has 1 aromatic rings. The van der Waals surface area contributed by atoms with Crippen molar-refractivity contribution in [3.8, 4) is 11.5 Å². The predicted molar refractivity (Wildman–Crippen MR) is 91.5 cm³/mol. The number of benzene rings is 1. The minimum absolute atomic E-state index is 0.0554. The highest BCUT2D eigenvalue weighted by atomic mass is 32.2. The van der Waals surface area contributed by atoms with Crippen molar-refractivity contribution >= 4 is 29.0 Å². The Balaban J connectivity index is 2.43. The van der Waals surface area contributed by atoms with E-state index < -0.39 is 0 Å². The third-order valence-corrected chi connectivity index (χ3v) is 4.28. The number of phenols is 1. The van der Waals surface area contributed by atoms with Gasteiger partial charge in [-0.25, -0.2) is 0 Å². The van der Waals surface area contributed by atoms with E-state index in [9.17, 15) is 14.7 Å². The van der Waals surface area contributed by atoms with E-state index in [4.69, 9.17) is 4.74 Å². The topological polar surface area (TPSA) is 66.8 Å². The molecule has 0 aliphatic carbocycles. The molecule has 5 nitrogen and oxygen atoms in total. The Hall–Kier alpha value is -2.21. The zero-order valence-corrected chi connectivity index (χ0v) is 14.1. The van der Waals surface area contributed by atoms with Crippen LogP contribution >= 0.6 is 11.8 Å². The smallest absolute Gasteiger partial charge is 0.293 e. The van der Waals surface area contributed by atoms with Gasteiger partial charge < -0.3 is 9.84 Å². The number of allylic oxidation sites excluding steroid dienone is 1. The zero-order chi connectivity index (χ0) is 17.1. The van der Waals surface area contributed by atoms with E-state index in [0.717, 1.165) is 11.8 Å². The Bertz CT molecular complexity index is 694. The number of carbonyl (C=O) groups excluding carboxylic acids is 2. The third kappa shape index (κ3) is 3.42. The molecule has 0 unspecified atom stereocenters. The number of carbonyl (C=O) groups is 2. The third-order valence-electron chi connectivity index (χ3n) is 3.40. The highest BCUT2D eigenvalue weighted by molar-refractivity contribution is 8.18. The molecular weight excluding hydrogens is 314 g/mol. The summed E-state index contributed by atoms with van der Waals surface area (Å²) in [6.45, 7) is 7.25. The molecule has 2 rings (SSSR count). The maximum absolute atomic E-state index is 12.3. The molecule has 0 radical (unpaired) electrons. The number of methoxy groups -OCH3 is 1. The van der Waals surface area contributed by atoms with Gasteiger partial charge in [-0.2, -0.15) is 0 Å². The number of aromatic hydroxyl groups is 1. The summed E-state index contributed by atoms with van der Waals surface area (Å²) in [7, 11) is 1.46. The highest BCUT2D eigenvalue weighted by Crippen LogP contribution is 2.36. The molecule has 1 aromatic carbocycles. The van der Waals surface area contributed by atoms with Crippen molar-refractivity contribution in [2.75, 3.05) is 7.11 Å². The summed E-state index contributed by atoms with van der Waals surface area (Å²) in [6, 6.07) is 3.20. The fraction of sp³-hybridized carbons (Fsp3) is 0.294. The van der Waals surface area contributed by atoms with Gasteiger partial charge in [0.15, 0.2) is 11.5 Å². The number of ether oxygens (including phenoxy) is 1. The molecule has 1 N–H and O–H groups in total. The van der Waals surface area contributed by atoms with Crippen molar-refractivity contribution in [2.45, 2.75) is 26.3 Å². The molecule has 1 aliphatic rings. The lowest BCUT2D eigenvalue weighted by Crippen LogP contribution is -2.34. The average molecular weight is 333 g/mol. The standard InChI is InChI=1S/C17H19NO4S/c1-5-6-12-7-11(8-13(22-4)15(12)19)9-14-16(20)18(10(2)3)17(21)23-14/h5,7-10,19H,1,6H2,2-4H3. The fourth-order valence-corrected chi connectivity index (χ4v) is 3.28. The molecular formula is C17H19NO4S. The van der Waals surface area contributed by atoms with Gasteiger partial charge in [0.2, 0.25) is 0 Å². The van der Waals surface area contributed by atoms with Crippen molar-refractivity contribution in [1.82, 2.24) is 4.90 Å². The molecule has 122 valence electrons. The normalized spacial score (nSPS) is 16.5. The number of hydrogen-bond acceptors (Lipinski definition) is 5. The van der Waals surface area contributed by atoms with E-state index in [-0.39, 0.29) is 22.9 Å². The van der Waals surface area contributed by atoms with E-state index in [1.54, 1.807) is 38.1 Å². The van der Waals surface area contributed by atoms with Crippen LogP contribution in [0.4, 0.5) is 4.79 Å². The second-order valence-electron chi connectivity index (χ2n) is 5.37. The largest absolute Gasteiger partial charge is 0.504 e. The van der Waals surface area contributed by atoms with E-state index in [2.05, 4.69) is 6.58 Å². The van der Waals surface area contributed by atoms with Crippen molar-refractivity contribution in [1.29, 1.82) is 0 Å². The number of imide groups is 1. The molecule has 0 spiro atoms. The summed E-state index contributed by atoms with van der Waals surface area (Å²) in [4.78, 5) is 25.8. The maximum Gasteiger partial charge on any atom is 0.293 e. The van der Waals surface area contributed by atoms with Crippen LogP contribution in [0.5, 0.6) is 11.5 Å². The van der Waals surface area contributed by atoms with Gasteiger partial charge in [0, 0.05) is 11.6 Å². The number of rotatable bonds is 5. The van der Waals surface area contributed by atoms with Crippen LogP contribution in [0, 0.1) is 0 Å². The quantitative estimate of drug-likeness (QED) is 0.659. The van der Waals surface area contributed by atoms with Crippen LogP contribution in [0.2, 0.25) is 0 Å². The Kier molecular flexibility index (Phi) is 5.15. The summed E-state index contributed by atoms with van der Waals surface area (Å²) in [5.74, 6) is 0.0748. The SMILES string of the molecule is C=CCc1cc(C=C2SC(=O)N(C(C)C)C2=O)cc(OC)c1O. The Morgan fingerprint density at radius 3 is 2.61 bits per heavy atom. The van der Waals surface area contributed by atoms with Gasteiger partial charge in [-0.3, -0.25) is 14.5 Å². The molecule has 1 fully saturated rings. The van der Waals surface area contributed by atoms with E-state index in [1.807, 2.05) is 0 Å². The molecule has 1 heterocycles. The Morgan fingerprint density at radius 1 is 1.39 bits per heavy atom. The molecule has 2 amide bonds. The van der Waals surface area contributed by atoms with Crippen LogP contribution in [0.15, 0.2) is 29.7 Å². The number of thioether (sulfide) groups is 1. The molecule has 1 saturated heterocycles. The lowest BCUT2D eigenvalue weighted by atomic mass is 10.1. The maximum atomic E-state index is 12.3. The first-order valence-electron chi connectivity index (χ1n) is 7.16. The van der Waals surface area contributed by atoms with E-state index in [1.165, 1.54) is 12.0 Å². The van der Waals surface area contributed by atoms with E-state index >= 15 is 0 Å². The van der Waals surface area contributed by atoms with E-state index in [0.29, 0.717) is 28.2 Å². The first-order valence-corrected chi connectivity index (χ1v) is 7.98. The van der Waals surface area contributed by atoms with Gasteiger partial charge >= 0.3 is 0 Å². The van der Waals surface area contributed by atoms with Crippen LogP contribution in [0.3, 0.4) is 0 Å². The summed E-state index contributed by atoms with van der Waals surface area (Å²) >= 11 is 0.917. The van der Waals surface area contributed by atoms with Crippen molar-refractivity contribution in [3.63, 3.8) is 0 Å². The summed E-state index contributed by atoms with van der Waals surface area (Å²) in [6.07, 6.45) is 3.78. The van der Waals surface area contributed by atoms with Gasteiger partial charge in [-0.1, -0.05) is 6.08 Å². The zero-order valence-electron chi connectivity index (χ0n) is 13.3. The van der Waals surface area contributed by atoms with Gasteiger partial charge in [0.25, 0.3) is 11.1 Å². The molecule has 23 heavy (non-hydrogen) atoms. The first-order chi connectivity index (χ1) is 10.9. The van der Waals surface area contributed by atoms with Crippen LogP contribution in [0.25, 0.3) is 6.08 Å². The van der Waals surface area contributed by atoms with Crippen molar-refractivity contribution < 1.29 is 19.4 Å². The van der Waals surface area contributed by atoms with Crippen molar-refractivity contribution in [3.05, 3.63) is 40.8 Å². The second kappa shape index (κ2) is 6.91. The molecule has 0 atom stereocenters. The number of hydrogen-bond donors (Lipinski definition) is 1. The summed E-state index contributed by atoms with van der Waals surface area (Å²) in [5.41, 5.74) is 1.33. The molecule has 1 aliphatic heterocycles. The van der Waals surface area contributed by atoms with Crippen LogP contribution < -0.4 is 4.74 Å². The number of nitrogens with zero attached hydrogens (tertiary/aromatic N) is 1. The minimum Gasteiger partial charge on any atom is -0.504 e. The fourth-order valence-electron chi connectivity index (χ4n) is 2.32. The molecule has 0 saturated carbocycles. The van der Waals surface area contributed by atoms with Gasteiger partial charge in [0.1, 0.15) is 0 Å². The second-order valence-corrected chi connectivity index (χ2v) is 6.36. The van der Waals surface area contributed by atoms with Crippen LogP contribution in [0.1, 0.15) is 25.0 Å². The van der Waals surface area contributed by atoms with Crippen LogP contribution in [-0.4, -0.2) is 34.3 Å². The van der Waals surface area contributed by atoms with Crippen molar-refractivity contribution in [2.24, 2.45) is 0 Å². The summed E-state index contributed by atoms with van der Waals surface area (Å²) < 4.78 is 5.16. The van der Waals surface area contributed by atoms with Gasteiger partial charge in [-0.15, -0.1) is 6.58 Å². The number of phenolic OH excluding ortho intramolecular Hbond substituents is 1. The lowest BCUT2D eigenvalue weighted by molar-refractivity contribution is -0.123. The molecule has 6 heteroatoms. The highest BCUT2D eigenvalue weighted by Gasteiger charge is 2.36. The van der Waals surface area contributed by atoms with Gasteiger partial charge in [-0.05, 0) is 55.8 Å². The summed E-state index contributed by atoms with van der Waals surface area (Å²) in [5, 5.41) is 9.82. The molecule has 0 bridgehead atoms. The Morgan fingerprint density at radius 2 is 2.09 bits per heavy atom.